The number of carbonyl (C=O) groups excluding carboxylic acids is 1. The average molecular weight is 111 g/mol. The monoisotopic (exact) mass is 111 g/mol. The summed E-state index contributed by atoms with van der Waals surface area (Å²) in [7, 11) is 0. The lowest BCUT2D eigenvalue weighted by Gasteiger charge is -2.06. The number of hydrogen-bond donors (Lipinski definition) is 0. The third-order valence-corrected chi connectivity index (χ3v) is 1.25. The summed E-state index contributed by atoms with van der Waals surface area (Å²) in [6, 6.07) is 1.91. The third-order valence-electron chi connectivity index (χ3n) is 1.25. The van der Waals surface area contributed by atoms with Crippen LogP contribution >= 0.6 is 0 Å². The molecule has 0 saturated carbocycles. The van der Waals surface area contributed by atoms with Crippen LogP contribution in [-0.4, -0.2) is 6.29 Å². The van der Waals surface area contributed by atoms with Gasteiger partial charge in [0.15, 0.2) is 0 Å². The highest BCUT2D eigenvalue weighted by atomic mass is 16.1. The molecule has 1 atom stereocenters. The van der Waals surface area contributed by atoms with Crippen LogP contribution in [-0.2, 0) is 4.79 Å². The van der Waals surface area contributed by atoms with Crippen molar-refractivity contribution >= 4 is 6.29 Å². The molecule has 0 aliphatic heterocycles. The molecule has 0 radical (unpaired) electrons. The first-order chi connectivity index (χ1) is 3.68. The predicted octanol–water partition coefficient (Wildman–Crippen LogP) is 1.13. The highest BCUT2D eigenvalue weighted by Crippen LogP contribution is 2.14. The molecule has 2 nitrogen and oxygen atoms in total. The lowest BCUT2D eigenvalue weighted by Crippen LogP contribution is -2.12. The Hall–Kier alpha value is -0.840. The summed E-state index contributed by atoms with van der Waals surface area (Å²) in [5.41, 5.74) is -0.750. The summed E-state index contributed by atoms with van der Waals surface area (Å²) in [6.07, 6.45) is 1.28. The molecule has 0 heterocycles. The molecule has 0 aliphatic rings. The van der Waals surface area contributed by atoms with Crippen molar-refractivity contribution in [1.29, 1.82) is 5.26 Å². The molecular weight excluding hydrogens is 102 g/mol. The van der Waals surface area contributed by atoms with E-state index in [4.69, 9.17) is 5.26 Å². The molecular formula is C6H9NO. The second-order valence-corrected chi connectivity index (χ2v) is 2.00. The van der Waals surface area contributed by atoms with E-state index in [1.54, 1.807) is 6.92 Å². The van der Waals surface area contributed by atoms with Crippen molar-refractivity contribution in [2.75, 3.05) is 0 Å². The van der Waals surface area contributed by atoms with Crippen molar-refractivity contribution in [1.82, 2.24) is 0 Å². The van der Waals surface area contributed by atoms with E-state index in [1.165, 1.54) is 0 Å². The maximum absolute atomic E-state index is 10.1. The quantitative estimate of drug-likeness (QED) is 0.501. The summed E-state index contributed by atoms with van der Waals surface area (Å²) in [4.78, 5) is 10.1. The van der Waals surface area contributed by atoms with E-state index in [2.05, 4.69) is 0 Å². The number of carbonyl (C=O) groups is 1. The van der Waals surface area contributed by atoms with Gasteiger partial charge in [-0.1, -0.05) is 6.92 Å². The molecule has 0 bridgehead atoms. The molecule has 8 heavy (non-hydrogen) atoms. The van der Waals surface area contributed by atoms with Crippen LogP contribution in [0.25, 0.3) is 0 Å². The van der Waals surface area contributed by atoms with Crippen molar-refractivity contribution in [3.8, 4) is 6.07 Å². The van der Waals surface area contributed by atoms with Gasteiger partial charge in [-0.3, -0.25) is 0 Å². The lowest BCUT2D eigenvalue weighted by molar-refractivity contribution is -0.113. The van der Waals surface area contributed by atoms with Gasteiger partial charge in [0.25, 0.3) is 0 Å². The second kappa shape index (κ2) is 2.46. The smallest absolute Gasteiger partial charge is 0.139 e. The summed E-state index contributed by atoms with van der Waals surface area (Å²) < 4.78 is 0. The molecule has 0 aliphatic carbocycles. The first-order valence-electron chi connectivity index (χ1n) is 2.56. The largest absolute Gasteiger partial charge is 0.302 e. The van der Waals surface area contributed by atoms with Crippen LogP contribution in [0.4, 0.5) is 0 Å². The first kappa shape index (κ1) is 7.16. The summed E-state index contributed by atoms with van der Waals surface area (Å²) in [5, 5.41) is 8.30. The van der Waals surface area contributed by atoms with Gasteiger partial charge in [0.2, 0.25) is 0 Å². The number of nitriles is 1. The molecule has 0 aromatic carbocycles. The van der Waals surface area contributed by atoms with Crippen molar-refractivity contribution in [2.24, 2.45) is 5.41 Å². The number of aldehydes is 1. The molecule has 0 N–H and O–H groups in total. The Morgan fingerprint density at radius 1 is 1.88 bits per heavy atom. The van der Waals surface area contributed by atoms with Crippen molar-refractivity contribution in [3.05, 3.63) is 0 Å². The molecule has 44 valence electrons. The van der Waals surface area contributed by atoms with Crippen LogP contribution in [0.15, 0.2) is 0 Å². The van der Waals surface area contributed by atoms with E-state index in [1.807, 2.05) is 13.0 Å². The van der Waals surface area contributed by atoms with Crippen molar-refractivity contribution in [2.45, 2.75) is 20.3 Å². The van der Waals surface area contributed by atoms with Gasteiger partial charge in [-0.15, -0.1) is 0 Å². The van der Waals surface area contributed by atoms with Gasteiger partial charge in [0, 0.05) is 0 Å². The fourth-order valence-corrected chi connectivity index (χ4v) is 0.189. The van der Waals surface area contributed by atoms with Gasteiger partial charge in [-0.05, 0) is 13.3 Å². The molecule has 0 amide bonds. The molecule has 0 aromatic heterocycles. The topological polar surface area (TPSA) is 40.9 Å². The Labute approximate surface area is 49.1 Å². The molecule has 2 heteroatoms. The van der Waals surface area contributed by atoms with Crippen LogP contribution in [0.1, 0.15) is 20.3 Å². The standard InChI is InChI=1S/C6H9NO/c1-3-6(2,4-7)5-8/h5H,3H2,1-2H3. The Morgan fingerprint density at radius 3 is 2.38 bits per heavy atom. The molecule has 0 aromatic rings. The van der Waals surface area contributed by atoms with Gasteiger partial charge >= 0.3 is 0 Å². The predicted molar refractivity (Wildman–Crippen MR) is 30.1 cm³/mol. The zero-order valence-corrected chi connectivity index (χ0v) is 5.14. The Morgan fingerprint density at radius 2 is 2.38 bits per heavy atom. The Kier molecular flexibility index (Phi) is 2.20. The minimum atomic E-state index is -0.750. The van der Waals surface area contributed by atoms with E-state index >= 15 is 0 Å². The van der Waals surface area contributed by atoms with Gasteiger partial charge in [-0.2, -0.15) is 5.26 Å². The first-order valence-corrected chi connectivity index (χ1v) is 2.56. The minimum Gasteiger partial charge on any atom is -0.302 e. The fourth-order valence-electron chi connectivity index (χ4n) is 0.189. The summed E-state index contributed by atoms with van der Waals surface area (Å²) >= 11 is 0. The maximum Gasteiger partial charge on any atom is 0.139 e. The summed E-state index contributed by atoms with van der Waals surface area (Å²) in [5.74, 6) is 0. The second-order valence-electron chi connectivity index (χ2n) is 2.00. The van der Waals surface area contributed by atoms with Gasteiger partial charge in [0.1, 0.15) is 11.7 Å². The van der Waals surface area contributed by atoms with E-state index in [9.17, 15) is 4.79 Å². The highest BCUT2D eigenvalue weighted by Gasteiger charge is 2.18. The van der Waals surface area contributed by atoms with Crippen LogP contribution in [0.2, 0.25) is 0 Å². The van der Waals surface area contributed by atoms with Gasteiger partial charge in [0.05, 0.1) is 6.07 Å². The van der Waals surface area contributed by atoms with Crippen LogP contribution in [0, 0.1) is 16.7 Å². The third kappa shape index (κ3) is 1.34. The number of rotatable bonds is 2. The molecule has 0 saturated heterocycles. The van der Waals surface area contributed by atoms with Crippen molar-refractivity contribution < 1.29 is 4.79 Å². The zero-order valence-electron chi connectivity index (χ0n) is 5.14. The minimum absolute atomic E-state index is 0.590. The molecule has 0 fully saturated rings. The normalized spacial score (nSPS) is 16.1. The van der Waals surface area contributed by atoms with Crippen LogP contribution in [0.5, 0.6) is 0 Å². The Bertz CT molecular complexity index is 125. The van der Waals surface area contributed by atoms with Gasteiger partial charge < -0.3 is 4.79 Å². The van der Waals surface area contributed by atoms with Gasteiger partial charge in [-0.25, -0.2) is 0 Å². The fraction of sp³-hybridized carbons (Fsp3) is 0.667. The average Bonchev–Trinajstić information content (AvgIpc) is 1.87. The molecule has 0 rings (SSSR count). The lowest BCUT2D eigenvalue weighted by atomic mass is 9.92. The van der Waals surface area contributed by atoms with Crippen LogP contribution < -0.4 is 0 Å². The van der Waals surface area contributed by atoms with Crippen molar-refractivity contribution in [3.63, 3.8) is 0 Å². The van der Waals surface area contributed by atoms with E-state index in [0.717, 1.165) is 0 Å². The highest BCUT2D eigenvalue weighted by molar-refractivity contribution is 5.62. The zero-order chi connectivity index (χ0) is 6.62. The molecule has 1 unspecified atom stereocenters. The maximum atomic E-state index is 10.1. The Balaban J connectivity index is 4.03. The van der Waals surface area contributed by atoms with E-state index in [0.29, 0.717) is 12.7 Å². The van der Waals surface area contributed by atoms with E-state index < -0.39 is 5.41 Å². The number of nitrogens with zero attached hydrogens (tertiary/aromatic N) is 1. The van der Waals surface area contributed by atoms with E-state index in [-0.39, 0.29) is 0 Å². The number of hydrogen-bond acceptors (Lipinski definition) is 2. The van der Waals surface area contributed by atoms with Crippen LogP contribution in [0.3, 0.4) is 0 Å². The SMILES string of the molecule is CCC(C)(C#N)C=O. The molecule has 0 spiro atoms. The summed E-state index contributed by atoms with van der Waals surface area (Å²) in [6.45, 7) is 3.44.